The number of nitrogens with zero attached hydrogens (tertiary/aromatic N) is 5. The second kappa shape index (κ2) is 4.59. The first-order valence-corrected chi connectivity index (χ1v) is 5.96. The molecule has 0 aliphatic carbocycles. The van der Waals surface area contributed by atoms with Crippen LogP contribution in [0.2, 0.25) is 0 Å². The number of rotatable bonds is 2. The van der Waals surface area contributed by atoms with E-state index in [0.29, 0.717) is 12.2 Å². The van der Waals surface area contributed by atoms with E-state index in [1.807, 2.05) is 9.58 Å². The van der Waals surface area contributed by atoms with Crippen LogP contribution >= 0.6 is 0 Å². The number of aromatic amines is 1. The van der Waals surface area contributed by atoms with Gasteiger partial charge in [0.25, 0.3) is 5.91 Å². The second-order valence-corrected chi connectivity index (χ2v) is 4.39. The van der Waals surface area contributed by atoms with Gasteiger partial charge in [0.2, 0.25) is 0 Å². The predicted molar refractivity (Wildman–Crippen MR) is 62.8 cm³/mol. The van der Waals surface area contributed by atoms with Crippen molar-refractivity contribution in [2.45, 2.75) is 18.9 Å². The third-order valence-electron chi connectivity index (χ3n) is 3.22. The fourth-order valence-corrected chi connectivity index (χ4v) is 2.30. The van der Waals surface area contributed by atoms with E-state index >= 15 is 0 Å². The van der Waals surface area contributed by atoms with Gasteiger partial charge in [-0.3, -0.25) is 4.79 Å². The number of piperidine rings is 1. The van der Waals surface area contributed by atoms with Crippen LogP contribution < -0.4 is 0 Å². The second-order valence-electron chi connectivity index (χ2n) is 4.39. The highest BCUT2D eigenvalue weighted by molar-refractivity contribution is 5.92. The number of hydrogen-bond donors (Lipinski definition) is 1. The molecule has 94 valence electrons. The lowest BCUT2D eigenvalue weighted by atomic mass is 10.1. The van der Waals surface area contributed by atoms with E-state index in [-0.39, 0.29) is 11.9 Å². The minimum atomic E-state index is -0.00249. The molecule has 1 saturated heterocycles. The third-order valence-corrected chi connectivity index (χ3v) is 3.22. The van der Waals surface area contributed by atoms with Crippen LogP contribution in [-0.4, -0.2) is 48.6 Å². The normalized spacial score (nSPS) is 20.0. The Morgan fingerprint density at radius 3 is 3.11 bits per heavy atom. The van der Waals surface area contributed by atoms with Gasteiger partial charge in [0, 0.05) is 13.1 Å². The minimum Gasteiger partial charge on any atom is -0.341 e. The molecule has 1 N–H and O–H groups in total. The molecule has 0 spiro atoms. The highest BCUT2D eigenvalue weighted by Gasteiger charge is 2.26. The summed E-state index contributed by atoms with van der Waals surface area (Å²) in [7, 11) is 0. The van der Waals surface area contributed by atoms with E-state index in [2.05, 4.69) is 20.1 Å². The first-order chi connectivity index (χ1) is 8.84. The van der Waals surface area contributed by atoms with Crippen molar-refractivity contribution in [3.8, 4) is 0 Å². The van der Waals surface area contributed by atoms with Crippen LogP contribution in [0.25, 0.3) is 0 Å². The van der Waals surface area contributed by atoms with Crippen molar-refractivity contribution in [2.24, 2.45) is 0 Å². The summed E-state index contributed by atoms with van der Waals surface area (Å²) in [6.07, 6.45) is 8.30. The standard InChI is InChI=1S/C11H14N6O/c18-11(10-4-12-6-14-10)16-3-1-2-9(5-16)17-8-13-7-15-17/h4,6-9H,1-3,5H2,(H,12,14). The summed E-state index contributed by atoms with van der Waals surface area (Å²) in [4.78, 5) is 24.7. The first-order valence-electron chi connectivity index (χ1n) is 5.96. The molecule has 2 aromatic heterocycles. The van der Waals surface area contributed by atoms with E-state index in [4.69, 9.17) is 0 Å². The number of carbonyl (C=O) groups excluding carboxylic acids is 1. The molecule has 18 heavy (non-hydrogen) atoms. The van der Waals surface area contributed by atoms with Crippen molar-refractivity contribution in [3.63, 3.8) is 0 Å². The molecule has 3 rings (SSSR count). The maximum Gasteiger partial charge on any atom is 0.271 e. The monoisotopic (exact) mass is 246 g/mol. The fourth-order valence-electron chi connectivity index (χ4n) is 2.30. The van der Waals surface area contributed by atoms with Crippen LogP contribution in [-0.2, 0) is 0 Å². The van der Waals surface area contributed by atoms with Crippen molar-refractivity contribution < 1.29 is 4.79 Å². The predicted octanol–water partition coefficient (Wildman–Crippen LogP) is 0.478. The fraction of sp³-hybridized carbons (Fsp3) is 0.455. The van der Waals surface area contributed by atoms with Gasteiger partial charge in [-0.1, -0.05) is 0 Å². The molecule has 0 saturated carbocycles. The van der Waals surface area contributed by atoms with Gasteiger partial charge >= 0.3 is 0 Å². The van der Waals surface area contributed by atoms with E-state index in [0.717, 1.165) is 19.4 Å². The molecular weight excluding hydrogens is 232 g/mol. The van der Waals surface area contributed by atoms with Crippen LogP contribution in [0.5, 0.6) is 0 Å². The van der Waals surface area contributed by atoms with Crippen molar-refractivity contribution in [2.75, 3.05) is 13.1 Å². The SMILES string of the molecule is O=C(c1cnc[nH]1)N1CCCC(n2cncn2)C1. The molecule has 0 radical (unpaired) electrons. The largest absolute Gasteiger partial charge is 0.341 e. The van der Waals surface area contributed by atoms with Crippen molar-refractivity contribution in [1.82, 2.24) is 29.6 Å². The Morgan fingerprint density at radius 2 is 2.39 bits per heavy atom. The number of amides is 1. The van der Waals surface area contributed by atoms with E-state index in [1.165, 1.54) is 12.7 Å². The Morgan fingerprint density at radius 1 is 1.44 bits per heavy atom. The van der Waals surface area contributed by atoms with Gasteiger partial charge < -0.3 is 9.88 Å². The summed E-state index contributed by atoms with van der Waals surface area (Å²) >= 11 is 0. The van der Waals surface area contributed by atoms with E-state index in [9.17, 15) is 4.79 Å². The quantitative estimate of drug-likeness (QED) is 0.835. The summed E-state index contributed by atoms with van der Waals surface area (Å²) in [5.74, 6) is -0.00249. The summed E-state index contributed by atoms with van der Waals surface area (Å²) in [5.41, 5.74) is 0.536. The van der Waals surface area contributed by atoms with Crippen molar-refractivity contribution in [3.05, 3.63) is 30.9 Å². The molecule has 7 heteroatoms. The van der Waals surface area contributed by atoms with Crippen LogP contribution in [0.3, 0.4) is 0 Å². The van der Waals surface area contributed by atoms with Crippen molar-refractivity contribution in [1.29, 1.82) is 0 Å². The van der Waals surface area contributed by atoms with E-state index < -0.39 is 0 Å². The number of aromatic nitrogens is 5. The molecule has 1 fully saturated rings. The Hall–Kier alpha value is -2.18. The minimum absolute atomic E-state index is 0.00249. The van der Waals surface area contributed by atoms with Crippen LogP contribution in [0, 0.1) is 0 Å². The van der Waals surface area contributed by atoms with Gasteiger partial charge in [-0.2, -0.15) is 5.10 Å². The molecule has 1 unspecified atom stereocenters. The van der Waals surface area contributed by atoms with Gasteiger partial charge in [-0.25, -0.2) is 14.6 Å². The zero-order valence-corrected chi connectivity index (χ0v) is 9.86. The molecule has 1 aliphatic rings. The van der Waals surface area contributed by atoms with Gasteiger partial charge in [0.15, 0.2) is 0 Å². The number of imidazole rings is 1. The van der Waals surface area contributed by atoms with Gasteiger partial charge in [-0.05, 0) is 12.8 Å². The maximum absolute atomic E-state index is 12.2. The molecule has 2 aromatic rings. The number of hydrogen-bond acceptors (Lipinski definition) is 4. The maximum atomic E-state index is 12.2. The lowest BCUT2D eigenvalue weighted by Crippen LogP contribution is -2.41. The lowest BCUT2D eigenvalue weighted by molar-refractivity contribution is 0.0667. The topological polar surface area (TPSA) is 79.7 Å². The summed E-state index contributed by atoms with van der Waals surface area (Å²) in [5, 5.41) is 4.14. The summed E-state index contributed by atoms with van der Waals surface area (Å²) in [6, 6.07) is 0.216. The Kier molecular flexibility index (Phi) is 2.79. The molecule has 1 amide bonds. The van der Waals surface area contributed by atoms with Crippen LogP contribution in [0.15, 0.2) is 25.2 Å². The van der Waals surface area contributed by atoms with Crippen molar-refractivity contribution >= 4 is 5.91 Å². The van der Waals surface area contributed by atoms with Gasteiger partial charge in [0.1, 0.15) is 18.3 Å². The Labute approximate surface area is 104 Å². The molecule has 7 nitrogen and oxygen atoms in total. The smallest absolute Gasteiger partial charge is 0.271 e. The Bertz CT molecular complexity index is 506. The number of likely N-dealkylation sites (tertiary alicyclic amines) is 1. The molecule has 0 aromatic carbocycles. The average Bonchev–Trinajstić information content (AvgIpc) is 3.11. The Balaban J connectivity index is 1.73. The summed E-state index contributed by atoms with van der Waals surface area (Å²) in [6.45, 7) is 1.45. The number of H-pyrrole nitrogens is 1. The first kappa shape index (κ1) is 10.9. The number of nitrogens with one attached hydrogen (secondary N) is 1. The number of carbonyl (C=O) groups is 1. The van der Waals surface area contributed by atoms with Crippen LogP contribution in [0.1, 0.15) is 29.4 Å². The van der Waals surface area contributed by atoms with Gasteiger partial charge in [-0.15, -0.1) is 0 Å². The molecular formula is C11H14N6O. The zero-order valence-electron chi connectivity index (χ0n) is 9.86. The zero-order chi connectivity index (χ0) is 12.4. The van der Waals surface area contributed by atoms with Gasteiger partial charge in [0.05, 0.1) is 18.6 Å². The van der Waals surface area contributed by atoms with E-state index in [1.54, 1.807) is 12.5 Å². The summed E-state index contributed by atoms with van der Waals surface area (Å²) < 4.78 is 1.83. The molecule has 1 aliphatic heterocycles. The highest BCUT2D eigenvalue weighted by atomic mass is 16.2. The lowest BCUT2D eigenvalue weighted by Gasteiger charge is -2.32. The molecule has 0 bridgehead atoms. The molecule has 3 heterocycles. The highest BCUT2D eigenvalue weighted by Crippen LogP contribution is 2.21. The van der Waals surface area contributed by atoms with Crippen LogP contribution in [0.4, 0.5) is 0 Å². The third kappa shape index (κ3) is 1.99. The average molecular weight is 246 g/mol. The molecule has 1 atom stereocenters.